The number of aromatic hydroxyl groups is 1. The zero-order valence-electron chi connectivity index (χ0n) is 27.0. The van der Waals surface area contributed by atoms with Crippen molar-refractivity contribution in [2.45, 2.75) is 80.6 Å². The average Bonchev–Trinajstić information content (AvgIpc) is 3.02. The van der Waals surface area contributed by atoms with Gasteiger partial charge in [-0.2, -0.15) is 0 Å². The second-order valence-electron chi connectivity index (χ2n) is 12.5. The number of carbonyl (C=O) groups excluding carboxylic acids is 4. The molecule has 1 aliphatic heterocycles. The SMILES string of the molecule is C[C@@H](c1ccc([N+](=O)[O-])cc1)[C@@H]1NC(=O)CNC(=O)[C@H](NC(=O)[C@@H](N)Cc2ccc(O)cc2)C(C)(C)SSC(C)(C)C(C(=O)O)NC1=O. The molecule has 1 saturated heterocycles. The summed E-state index contributed by atoms with van der Waals surface area (Å²) in [6.07, 6.45) is 0.104. The molecule has 0 spiro atoms. The maximum absolute atomic E-state index is 13.6. The highest BCUT2D eigenvalue weighted by Crippen LogP contribution is 2.46. The maximum Gasteiger partial charge on any atom is 0.327 e. The van der Waals surface area contributed by atoms with Gasteiger partial charge in [-0.05, 0) is 57.4 Å². The first-order chi connectivity index (χ1) is 22.3. The summed E-state index contributed by atoms with van der Waals surface area (Å²) in [6, 6.07) is 6.38. The lowest BCUT2D eigenvalue weighted by atomic mass is 9.91. The van der Waals surface area contributed by atoms with Crippen LogP contribution in [0.4, 0.5) is 5.69 Å². The van der Waals surface area contributed by atoms with E-state index in [2.05, 4.69) is 21.3 Å². The molecule has 0 radical (unpaired) electrons. The second-order valence-corrected chi connectivity index (χ2v) is 15.9. The summed E-state index contributed by atoms with van der Waals surface area (Å²) in [5.41, 5.74) is 7.12. The summed E-state index contributed by atoms with van der Waals surface area (Å²) < 4.78 is -2.29. The molecule has 15 nitrogen and oxygen atoms in total. The predicted octanol–water partition coefficient (Wildman–Crippen LogP) is 1.58. The summed E-state index contributed by atoms with van der Waals surface area (Å²) in [4.78, 5) is 76.7. The molecular formula is C31H40N6O9S2. The number of benzene rings is 2. The third kappa shape index (κ3) is 9.84. The van der Waals surface area contributed by atoms with Gasteiger partial charge in [-0.3, -0.25) is 29.3 Å². The Labute approximate surface area is 285 Å². The van der Waals surface area contributed by atoms with Crippen LogP contribution >= 0.6 is 21.6 Å². The fourth-order valence-corrected chi connectivity index (χ4v) is 7.68. The quantitative estimate of drug-likeness (QED) is 0.118. The van der Waals surface area contributed by atoms with Crippen molar-refractivity contribution >= 4 is 56.9 Å². The molecular weight excluding hydrogens is 665 g/mol. The molecule has 1 aliphatic rings. The normalized spacial score (nSPS) is 22.9. The lowest BCUT2D eigenvalue weighted by Crippen LogP contribution is -2.62. The van der Waals surface area contributed by atoms with Crippen LogP contribution in [-0.2, 0) is 30.4 Å². The van der Waals surface area contributed by atoms with Crippen LogP contribution < -0.4 is 27.0 Å². The molecule has 1 fully saturated rings. The van der Waals surface area contributed by atoms with E-state index in [4.69, 9.17) is 5.73 Å². The van der Waals surface area contributed by atoms with Crippen LogP contribution in [-0.4, -0.2) is 84.9 Å². The maximum atomic E-state index is 13.6. The number of carboxylic acid groups (broad SMARTS) is 1. The minimum Gasteiger partial charge on any atom is -0.508 e. The zero-order chi connectivity index (χ0) is 36.0. The Morgan fingerprint density at radius 2 is 1.58 bits per heavy atom. The van der Waals surface area contributed by atoms with Gasteiger partial charge in [0.1, 0.15) is 23.9 Å². The van der Waals surface area contributed by atoms with E-state index in [-0.39, 0.29) is 17.9 Å². The number of hydrogen-bond donors (Lipinski definition) is 7. The monoisotopic (exact) mass is 704 g/mol. The standard InChI is InChI=1S/C31H40N6O9S2/c1-16(18-8-10-19(11-9-18)37(45)46)23-27(41)36-25(29(43)44)31(4,5)48-47-30(2,3)24(28(42)33-15-22(39)34-23)35-26(40)21(32)14-17-6-12-20(38)13-7-17/h6-13,16,21,23-25,38H,14-15,32H2,1-5H3,(H,33,42)(H,34,39)(H,35,40)(H,36,41)(H,43,44)/t16-,21-,23-,24-,25?/m0/s1. The second kappa shape index (κ2) is 15.7. The van der Waals surface area contributed by atoms with E-state index >= 15 is 0 Å². The molecule has 5 atom stereocenters. The first-order valence-electron chi connectivity index (χ1n) is 14.9. The number of hydrogen-bond acceptors (Lipinski definition) is 11. The topological polar surface area (TPSA) is 243 Å². The minimum atomic E-state index is -1.47. The summed E-state index contributed by atoms with van der Waals surface area (Å²) in [5, 5.41) is 41.2. The number of aliphatic carboxylic acids is 1. The minimum absolute atomic E-state index is 0.0493. The van der Waals surface area contributed by atoms with Crippen molar-refractivity contribution in [1.29, 1.82) is 0 Å². The number of carboxylic acids is 1. The number of non-ortho nitro benzene ring substituents is 1. The Balaban J connectivity index is 1.93. The fraction of sp³-hybridized carbons (Fsp3) is 0.452. The van der Waals surface area contributed by atoms with E-state index in [9.17, 15) is 44.3 Å². The van der Waals surface area contributed by atoms with Crippen molar-refractivity contribution in [2.24, 2.45) is 5.73 Å². The third-order valence-electron chi connectivity index (χ3n) is 7.82. The Hall–Kier alpha value is -4.35. The number of amides is 4. The van der Waals surface area contributed by atoms with Gasteiger partial charge >= 0.3 is 5.97 Å². The van der Waals surface area contributed by atoms with E-state index in [0.717, 1.165) is 21.6 Å². The Morgan fingerprint density at radius 1 is 1.00 bits per heavy atom. The molecule has 17 heteroatoms. The Morgan fingerprint density at radius 3 is 2.15 bits per heavy atom. The molecule has 1 unspecified atom stereocenters. The van der Waals surface area contributed by atoms with Gasteiger partial charge < -0.3 is 37.2 Å². The first kappa shape index (κ1) is 38.1. The van der Waals surface area contributed by atoms with E-state index in [1.54, 1.807) is 46.8 Å². The molecule has 0 aromatic heterocycles. The molecule has 8 N–H and O–H groups in total. The van der Waals surface area contributed by atoms with Crippen LogP contribution in [0.25, 0.3) is 0 Å². The van der Waals surface area contributed by atoms with Gasteiger partial charge in [0.2, 0.25) is 23.6 Å². The van der Waals surface area contributed by atoms with Crippen LogP contribution in [0.1, 0.15) is 51.7 Å². The molecule has 0 aliphatic carbocycles. The molecule has 0 saturated carbocycles. The van der Waals surface area contributed by atoms with E-state index in [1.165, 1.54) is 36.4 Å². The molecule has 2 aromatic rings. The number of nitro groups is 1. The van der Waals surface area contributed by atoms with Crippen molar-refractivity contribution in [2.75, 3.05) is 6.54 Å². The number of nitrogens with zero attached hydrogens (tertiary/aromatic N) is 1. The van der Waals surface area contributed by atoms with Crippen LogP contribution in [0.3, 0.4) is 0 Å². The van der Waals surface area contributed by atoms with Gasteiger partial charge in [0, 0.05) is 22.8 Å². The highest BCUT2D eigenvalue weighted by molar-refractivity contribution is 8.77. The summed E-state index contributed by atoms with van der Waals surface area (Å²) in [5.74, 6) is -5.04. The summed E-state index contributed by atoms with van der Waals surface area (Å²) in [7, 11) is 2.21. The van der Waals surface area contributed by atoms with Gasteiger partial charge in [-0.25, -0.2) is 4.79 Å². The van der Waals surface area contributed by atoms with Crippen molar-refractivity contribution < 1.29 is 39.1 Å². The van der Waals surface area contributed by atoms with E-state index in [0.29, 0.717) is 11.1 Å². The summed E-state index contributed by atoms with van der Waals surface area (Å²) in [6.45, 7) is 7.52. The molecule has 2 aromatic carbocycles. The molecule has 0 bridgehead atoms. The van der Waals surface area contributed by atoms with Crippen molar-refractivity contribution in [3.63, 3.8) is 0 Å². The Kier molecular flexibility index (Phi) is 12.5. The highest BCUT2D eigenvalue weighted by Gasteiger charge is 2.45. The fourth-order valence-electron chi connectivity index (χ4n) is 4.86. The number of carbonyl (C=O) groups is 5. The molecule has 3 rings (SSSR count). The number of nitro benzene ring substituents is 1. The average molecular weight is 705 g/mol. The number of phenolic OH excluding ortho intramolecular Hbond substituents is 1. The number of rotatable bonds is 8. The van der Waals surface area contributed by atoms with Gasteiger partial charge in [0.25, 0.3) is 5.69 Å². The third-order valence-corrected chi connectivity index (χ3v) is 12.1. The lowest BCUT2D eigenvalue weighted by Gasteiger charge is -2.38. The number of nitrogens with one attached hydrogen (secondary N) is 4. The van der Waals surface area contributed by atoms with Crippen molar-refractivity contribution in [3.05, 3.63) is 69.8 Å². The van der Waals surface area contributed by atoms with Crippen LogP contribution in [0.5, 0.6) is 5.75 Å². The van der Waals surface area contributed by atoms with Gasteiger partial charge in [-0.1, -0.05) is 52.8 Å². The summed E-state index contributed by atoms with van der Waals surface area (Å²) >= 11 is 0. The number of phenols is 1. The molecule has 4 amide bonds. The van der Waals surface area contributed by atoms with Crippen LogP contribution in [0, 0.1) is 10.1 Å². The smallest absolute Gasteiger partial charge is 0.327 e. The first-order valence-corrected chi connectivity index (χ1v) is 17.0. The van der Waals surface area contributed by atoms with Gasteiger partial charge in [-0.15, -0.1) is 0 Å². The van der Waals surface area contributed by atoms with Crippen LogP contribution in [0.2, 0.25) is 0 Å². The van der Waals surface area contributed by atoms with Crippen molar-refractivity contribution in [1.82, 2.24) is 21.3 Å². The van der Waals surface area contributed by atoms with Crippen molar-refractivity contribution in [3.8, 4) is 5.75 Å². The van der Waals surface area contributed by atoms with E-state index in [1.807, 2.05) is 0 Å². The molecule has 260 valence electrons. The predicted molar refractivity (Wildman–Crippen MR) is 181 cm³/mol. The van der Waals surface area contributed by atoms with Crippen LogP contribution in [0.15, 0.2) is 48.5 Å². The highest BCUT2D eigenvalue weighted by atomic mass is 33.1. The van der Waals surface area contributed by atoms with Gasteiger partial charge in [0.05, 0.1) is 22.3 Å². The van der Waals surface area contributed by atoms with Gasteiger partial charge in [0.15, 0.2) is 0 Å². The molecule has 1 heterocycles. The lowest BCUT2D eigenvalue weighted by molar-refractivity contribution is -0.384. The zero-order valence-corrected chi connectivity index (χ0v) is 28.6. The molecule has 48 heavy (non-hydrogen) atoms. The largest absolute Gasteiger partial charge is 0.508 e. The Bertz CT molecular complexity index is 1540. The number of nitrogens with two attached hydrogens (primary N) is 1. The van der Waals surface area contributed by atoms with E-state index < -0.39 is 80.6 Å².